The Labute approximate surface area is 230 Å². The molecule has 2 heterocycles. The number of hydrogen-bond acceptors (Lipinski definition) is 2. The third-order valence-corrected chi connectivity index (χ3v) is 6.89. The molecule has 1 saturated heterocycles. The van der Waals surface area contributed by atoms with Gasteiger partial charge in [-0.3, -0.25) is 4.79 Å². The summed E-state index contributed by atoms with van der Waals surface area (Å²) in [6, 6.07) is 23.1. The highest BCUT2D eigenvalue weighted by Gasteiger charge is 2.34. The third kappa shape index (κ3) is 5.75. The van der Waals surface area contributed by atoms with Crippen molar-refractivity contribution in [2.24, 2.45) is 0 Å². The van der Waals surface area contributed by atoms with Crippen LogP contribution in [-0.4, -0.2) is 41.6 Å². The largest absolute Gasteiger partial charge is 0.418 e. The quantitative estimate of drug-likeness (QED) is 0.277. The van der Waals surface area contributed by atoms with Crippen LogP contribution in [0.4, 0.5) is 13.2 Å². The predicted octanol–water partition coefficient (Wildman–Crippen LogP) is 7.34. The fourth-order valence-electron chi connectivity index (χ4n) is 4.79. The summed E-state index contributed by atoms with van der Waals surface area (Å²) in [5, 5.41) is 3.59. The Morgan fingerprint density at radius 2 is 1.47 bits per heavy atom. The summed E-state index contributed by atoms with van der Waals surface area (Å²) in [4.78, 5) is 14.9. The Morgan fingerprint density at radius 1 is 0.895 bits per heavy atom. The number of para-hydroxylation sites is 1. The smallest absolute Gasteiger partial charge is 0.348 e. The Balaban J connectivity index is 0.00000336. The first-order chi connectivity index (χ1) is 17.7. The molecule has 3 aromatic carbocycles. The molecule has 1 N–H and O–H groups in total. The second kappa shape index (κ2) is 11.2. The Bertz CT molecular complexity index is 1420. The molecule has 4 aromatic rings. The van der Waals surface area contributed by atoms with Crippen LogP contribution >= 0.6 is 24.0 Å². The maximum atomic E-state index is 14.0. The zero-order valence-electron chi connectivity index (χ0n) is 20.5. The third-order valence-electron chi connectivity index (χ3n) is 6.64. The molecule has 1 amide bonds. The lowest BCUT2D eigenvalue weighted by atomic mass is 10.1. The van der Waals surface area contributed by atoms with Crippen molar-refractivity contribution in [3.63, 3.8) is 0 Å². The molecule has 0 radical (unpaired) electrons. The van der Waals surface area contributed by atoms with Crippen LogP contribution in [0.25, 0.3) is 28.2 Å². The van der Waals surface area contributed by atoms with E-state index < -0.39 is 11.7 Å². The molecule has 1 atom stereocenters. The first-order valence-electron chi connectivity index (χ1n) is 11.9. The van der Waals surface area contributed by atoms with E-state index in [0.717, 1.165) is 31.1 Å². The number of rotatable bonds is 5. The molecule has 0 bridgehead atoms. The van der Waals surface area contributed by atoms with Crippen molar-refractivity contribution in [3.8, 4) is 28.2 Å². The van der Waals surface area contributed by atoms with Crippen LogP contribution in [0.1, 0.15) is 22.3 Å². The normalized spacial score (nSPS) is 15.8. The summed E-state index contributed by atoms with van der Waals surface area (Å²) in [6.07, 6.45) is -3.63. The number of likely N-dealkylation sites (tertiary alicyclic amines) is 1. The van der Waals surface area contributed by atoms with Gasteiger partial charge in [0.1, 0.15) is 0 Å². The highest BCUT2D eigenvalue weighted by Crippen LogP contribution is 2.39. The lowest BCUT2D eigenvalue weighted by molar-refractivity contribution is -0.137. The van der Waals surface area contributed by atoms with E-state index in [-0.39, 0.29) is 30.0 Å². The van der Waals surface area contributed by atoms with Gasteiger partial charge in [0.25, 0.3) is 5.91 Å². The van der Waals surface area contributed by atoms with Gasteiger partial charge >= 0.3 is 6.18 Å². The number of carbonyl (C=O) groups excluding carboxylic acids is 1. The van der Waals surface area contributed by atoms with Crippen molar-refractivity contribution < 1.29 is 18.0 Å². The summed E-state index contributed by atoms with van der Waals surface area (Å²) in [6.45, 7) is 1.75. The minimum absolute atomic E-state index is 0. The van der Waals surface area contributed by atoms with Crippen molar-refractivity contribution in [2.45, 2.75) is 18.6 Å². The Kier molecular flexibility index (Phi) is 8.21. The Morgan fingerprint density at radius 3 is 2.03 bits per heavy atom. The van der Waals surface area contributed by atoms with Crippen LogP contribution in [-0.2, 0) is 6.18 Å². The number of alkyl halides is 3. The number of nitrogens with one attached hydrogen (secondary N) is 1. The predicted molar refractivity (Wildman–Crippen MR) is 147 cm³/mol. The van der Waals surface area contributed by atoms with Crippen LogP contribution in [0.3, 0.4) is 0 Å². The summed E-state index contributed by atoms with van der Waals surface area (Å²) >= 11 is 6.05. The zero-order valence-corrected chi connectivity index (χ0v) is 22.1. The Hall–Kier alpha value is -3.26. The van der Waals surface area contributed by atoms with Crippen molar-refractivity contribution >= 4 is 29.9 Å². The van der Waals surface area contributed by atoms with Crippen LogP contribution in [0.15, 0.2) is 84.9 Å². The van der Waals surface area contributed by atoms with Gasteiger partial charge < -0.3 is 14.8 Å². The molecular formula is C29H26Cl2F3N3O. The molecule has 9 heteroatoms. The van der Waals surface area contributed by atoms with Crippen molar-refractivity contribution in [1.82, 2.24) is 14.8 Å². The molecule has 5 rings (SSSR count). The maximum absolute atomic E-state index is 14.0. The summed E-state index contributed by atoms with van der Waals surface area (Å²) in [7, 11) is 2.02. The van der Waals surface area contributed by atoms with Gasteiger partial charge in [-0.1, -0.05) is 48.0 Å². The average Bonchev–Trinajstić information content (AvgIpc) is 3.50. The van der Waals surface area contributed by atoms with Gasteiger partial charge in [0.15, 0.2) is 0 Å². The van der Waals surface area contributed by atoms with E-state index >= 15 is 0 Å². The molecule has 0 aliphatic carbocycles. The van der Waals surface area contributed by atoms with Crippen molar-refractivity contribution in [3.05, 3.63) is 101 Å². The van der Waals surface area contributed by atoms with Gasteiger partial charge in [-0.25, -0.2) is 0 Å². The molecule has 0 unspecified atom stereocenters. The molecule has 38 heavy (non-hydrogen) atoms. The van der Waals surface area contributed by atoms with E-state index in [1.54, 1.807) is 71.3 Å². The molecular weight excluding hydrogens is 534 g/mol. The van der Waals surface area contributed by atoms with Crippen molar-refractivity contribution in [1.29, 1.82) is 0 Å². The summed E-state index contributed by atoms with van der Waals surface area (Å²) in [5.41, 5.74) is 2.37. The van der Waals surface area contributed by atoms with E-state index in [2.05, 4.69) is 10.2 Å². The van der Waals surface area contributed by atoms with Crippen LogP contribution in [0.5, 0.6) is 0 Å². The number of halogens is 5. The number of carbonyl (C=O) groups is 1. The molecule has 1 fully saturated rings. The topological polar surface area (TPSA) is 37.3 Å². The second-order valence-electron chi connectivity index (χ2n) is 9.26. The molecule has 198 valence electrons. The molecule has 4 nitrogen and oxygen atoms in total. The summed E-state index contributed by atoms with van der Waals surface area (Å²) < 4.78 is 43.7. The highest BCUT2D eigenvalue weighted by atomic mass is 35.5. The highest BCUT2D eigenvalue weighted by molar-refractivity contribution is 6.30. The van der Waals surface area contributed by atoms with E-state index in [1.807, 2.05) is 7.05 Å². The summed E-state index contributed by atoms with van der Waals surface area (Å²) in [5.74, 6) is -0.161. The molecule has 0 saturated carbocycles. The van der Waals surface area contributed by atoms with Crippen LogP contribution < -0.4 is 5.32 Å². The number of amides is 1. The van der Waals surface area contributed by atoms with Gasteiger partial charge in [-0.05, 0) is 79.7 Å². The number of likely N-dealkylation sites (N-methyl/N-ethyl adjacent to an activating group) is 1. The van der Waals surface area contributed by atoms with Crippen LogP contribution in [0.2, 0.25) is 5.02 Å². The monoisotopic (exact) mass is 559 g/mol. The van der Waals surface area contributed by atoms with Crippen molar-refractivity contribution in [2.75, 3.05) is 20.1 Å². The van der Waals surface area contributed by atoms with E-state index in [1.165, 1.54) is 12.1 Å². The minimum Gasteiger partial charge on any atom is -0.348 e. The van der Waals surface area contributed by atoms with E-state index in [0.29, 0.717) is 27.5 Å². The maximum Gasteiger partial charge on any atom is 0.418 e. The number of benzene rings is 3. The molecule has 1 aromatic heterocycles. The van der Waals surface area contributed by atoms with Gasteiger partial charge in [-0.2, -0.15) is 13.2 Å². The first kappa shape index (κ1) is 27.8. The molecule has 1 aliphatic rings. The number of hydrogen-bond donors (Lipinski definition) is 1. The fourth-order valence-corrected chi connectivity index (χ4v) is 4.92. The van der Waals surface area contributed by atoms with Gasteiger partial charge in [-0.15, -0.1) is 12.4 Å². The van der Waals surface area contributed by atoms with Gasteiger partial charge in [0.05, 0.1) is 22.6 Å². The fraction of sp³-hybridized carbons (Fsp3) is 0.207. The average molecular weight is 560 g/mol. The van der Waals surface area contributed by atoms with Gasteiger partial charge in [0.2, 0.25) is 0 Å². The number of aromatic nitrogens is 1. The van der Waals surface area contributed by atoms with E-state index in [9.17, 15) is 18.0 Å². The molecule has 1 aliphatic heterocycles. The SMILES string of the molecule is CN1CC[C@H](NC(=O)c2ccc(-c3ccc(-c4ccc(Cl)cc4)n3-c3ccccc3C(F)(F)F)cc2)C1.Cl. The second-order valence-corrected chi connectivity index (χ2v) is 9.70. The standard InChI is InChI=1S/C29H25ClF3N3O.ClH/c1-35-17-16-23(18-35)34-28(37)21-8-6-19(7-9-21)25-14-15-26(20-10-12-22(30)13-11-20)36(25)27-5-3-2-4-24(27)29(31,32)33;/h2-15,23H,16-18H2,1H3,(H,34,37);1H/t23-;/m0./s1. The van der Waals surface area contributed by atoms with Gasteiger partial charge in [0, 0.05) is 23.2 Å². The number of nitrogens with zero attached hydrogens (tertiary/aromatic N) is 2. The lowest BCUT2D eigenvalue weighted by Gasteiger charge is -2.19. The first-order valence-corrected chi connectivity index (χ1v) is 12.3. The van der Waals surface area contributed by atoms with Crippen LogP contribution in [0, 0.1) is 0 Å². The molecule has 0 spiro atoms. The minimum atomic E-state index is -4.54. The zero-order chi connectivity index (χ0) is 26.2. The lowest BCUT2D eigenvalue weighted by Crippen LogP contribution is -2.36. The van der Waals surface area contributed by atoms with E-state index in [4.69, 9.17) is 11.6 Å².